The monoisotopic (exact) mass is 343 g/mol. The molecule has 0 aliphatic carbocycles. The van der Waals surface area contributed by atoms with Crippen molar-refractivity contribution in [3.63, 3.8) is 0 Å². The molecule has 1 aromatic carbocycles. The molecule has 2 heterocycles. The van der Waals surface area contributed by atoms with Crippen LogP contribution in [0, 0.1) is 0 Å². The van der Waals surface area contributed by atoms with Gasteiger partial charge in [-0.25, -0.2) is 0 Å². The Morgan fingerprint density at radius 2 is 1.80 bits per heavy atom. The van der Waals surface area contributed by atoms with Crippen LogP contribution in [-0.4, -0.2) is 55.8 Å². The van der Waals surface area contributed by atoms with Crippen LogP contribution >= 0.6 is 0 Å². The Labute approximate surface area is 152 Å². The predicted octanol–water partition coefficient (Wildman–Crippen LogP) is 3.48. The van der Waals surface area contributed by atoms with Gasteiger partial charge < -0.3 is 15.0 Å². The maximum Gasteiger partial charge on any atom is 0.0594 e. The van der Waals surface area contributed by atoms with Crippen molar-refractivity contribution in [1.82, 2.24) is 15.2 Å². The van der Waals surface area contributed by atoms with Gasteiger partial charge in [-0.05, 0) is 30.7 Å². The number of ether oxygens (including phenoxy) is 1. The number of nitrogens with zero attached hydrogens (tertiary/aromatic N) is 1. The first-order chi connectivity index (χ1) is 12.4. The standard InChI is InChI=1S/C19H27N3O.C2H6/c1-2-5-17(6-3-1)18(19-7-4-9-21-19)8-10-20-11-12-22-13-15-23-16-14-22;1-2/h1-7,9,18,20-21H,8,10-16H2;1-2H3. The minimum absolute atomic E-state index is 0.432. The molecule has 0 bridgehead atoms. The fraction of sp³-hybridized carbons (Fsp3) is 0.524. The molecule has 138 valence electrons. The van der Waals surface area contributed by atoms with Crippen molar-refractivity contribution < 1.29 is 4.74 Å². The van der Waals surface area contributed by atoms with Crippen molar-refractivity contribution in [1.29, 1.82) is 0 Å². The highest BCUT2D eigenvalue weighted by atomic mass is 16.5. The second kappa shape index (κ2) is 11.9. The number of aromatic nitrogens is 1. The largest absolute Gasteiger partial charge is 0.379 e. The summed E-state index contributed by atoms with van der Waals surface area (Å²) in [5, 5.41) is 3.60. The molecule has 1 atom stereocenters. The molecule has 1 aliphatic rings. The lowest BCUT2D eigenvalue weighted by Gasteiger charge is -2.26. The number of rotatable bonds is 8. The summed E-state index contributed by atoms with van der Waals surface area (Å²) in [6.07, 6.45) is 3.12. The Hall–Kier alpha value is -1.62. The number of hydrogen-bond acceptors (Lipinski definition) is 3. The van der Waals surface area contributed by atoms with Crippen LogP contribution in [0.5, 0.6) is 0 Å². The van der Waals surface area contributed by atoms with Gasteiger partial charge in [0, 0.05) is 44.0 Å². The Kier molecular flexibility index (Phi) is 9.34. The zero-order valence-electron chi connectivity index (χ0n) is 15.7. The van der Waals surface area contributed by atoms with E-state index in [4.69, 9.17) is 4.74 Å². The minimum atomic E-state index is 0.432. The first-order valence-corrected chi connectivity index (χ1v) is 9.62. The SMILES string of the molecule is CC.c1ccc(C(CCNCCN2CCOCC2)c2ccc[nH]2)cc1. The normalized spacial score (nSPS) is 16.1. The fourth-order valence-electron chi connectivity index (χ4n) is 3.18. The van der Waals surface area contributed by atoms with Gasteiger partial charge in [0.2, 0.25) is 0 Å². The molecule has 3 rings (SSSR count). The lowest BCUT2D eigenvalue weighted by Crippen LogP contribution is -2.40. The summed E-state index contributed by atoms with van der Waals surface area (Å²) in [4.78, 5) is 5.85. The second-order valence-electron chi connectivity index (χ2n) is 6.08. The van der Waals surface area contributed by atoms with Gasteiger partial charge in [-0.3, -0.25) is 4.90 Å². The fourth-order valence-corrected chi connectivity index (χ4v) is 3.18. The van der Waals surface area contributed by atoms with Crippen LogP contribution in [0.2, 0.25) is 0 Å². The first-order valence-electron chi connectivity index (χ1n) is 9.62. The van der Waals surface area contributed by atoms with Gasteiger partial charge in [-0.1, -0.05) is 44.2 Å². The van der Waals surface area contributed by atoms with Gasteiger partial charge >= 0.3 is 0 Å². The molecule has 0 saturated carbocycles. The van der Waals surface area contributed by atoms with Crippen molar-refractivity contribution in [3.05, 3.63) is 59.9 Å². The average Bonchev–Trinajstić information content (AvgIpc) is 3.22. The number of morpholine rings is 1. The molecule has 25 heavy (non-hydrogen) atoms. The molecule has 4 nitrogen and oxygen atoms in total. The van der Waals surface area contributed by atoms with E-state index in [-0.39, 0.29) is 0 Å². The lowest BCUT2D eigenvalue weighted by molar-refractivity contribution is 0.0384. The Bertz CT molecular complexity index is 536. The van der Waals surface area contributed by atoms with Crippen LogP contribution in [0.15, 0.2) is 48.7 Å². The second-order valence-corrected chi connectivity index (χ2v) is 6.08. The highest BCUT2D eigenvalue weighted by Gasteiger charge is 2.14. The molecule has 0 amide bonds. The number of H-pyrrole nitrogens is 1. The van der Waals surface area contributed by atoms with E-state index in [9.17, 15) is 0 Å². The Morgan fingerprint density at radius 1 is 1.04 bits per heavy atom. The van der Waals surface area contributed by atoms with E-state index < -0.39 is 0 Å². The summed E-state index contributed by atoms with van der Waals surface area (Å²) in [6, 6.07) is 15.0. The summed E-state index contributed by atoms with van der Waals surface area (Å²) in [5.41, 5.74) is 2.68. The van der Waals surface area contributed by atoms with Crippen molar-refractivity contribution in [3.8, 4) is 0 Å². The first kappa shape index (κ1) is 19.7. The van der Waals surface area contributed by atoms with E-state index >= 15 is 0 Å². The van der Waals surface area contributed by atoms with E-state index in [0.717, 1.165) is 52.4 Å². The third-order valence-corrected chi connectivity index (χ3v) is 4.52. The number of hydrogen-bond donors (Lipinski definition) is 2. The molecular weight excluding hydrogens is 310 g/mol. The van der Waals surface area contributed by atoms with Crippen LogP contribution < -0.4 is 5.32 Å². The maximum absolute atomic E-state index is 5.38. The number of aromatic amines is 1. The van der Waals surface area contributed by atoms with E-state index in [1.54, 1.807) is 0 Å². The van der Waals surface area contributed by atoms with Crippen molar-refractivity contribution in [2.45, 2.75) is 26.2 Å². The van der Waals surface area contributed by atoms with Crippen molar-refractivity contribution >= 4 is 0 Å². The van der Waals surface area contributed by atoms with Gasteiger partial charge in [0.15, 0.2) is 0 Å². The molecule has 0 spiro atoms. The topological polar surface area (TPSA) is 40.3 Å². The van der Waals surface area contributed by atoms with Gasteiger partial charge in [0.05, 0.1) is 13.2 Å². The third kappa shape index (κ3) is 6.65. The van der Waals surface area contributed by atoms with Gasteiger partial charge in [-0.15, -0.1) is 0 Å². The van der Waals surface area contributed by atoms with Crippen LogP contribution in [0.1, 0.15) is 37.4 Å². The van der Waals surface area contributed by atoms with Crippen LogP contribution in [0.25, 0.3) is 0 Å². The highest BCUT2D eigenvalue weighted by molar-refractivity contribution is 5.28. The van der Waals surface area contributed by atoms with Crippen LogP contribution in [0.4, 0.5) is 0 Å². The van der Waals surface area contributed by atoms with Crippen LogP contribution in [-0.2, 0) is 4.74 Å². The summed E-state index contributed by atoms with van der Waals surface area (Å²) < 4.78 is 5.38. The summed E-state index contributed by atoms with van der Waals surface area (Å²) >= 11 is 0. The molecular formula is C21H33N3O. The molecule has 2 aromatic rings. The van der Waals surface area contributed by atoms with Crippen molar-refractivity contribution in [2.24, 2.45) is 0 Å². The third-order valence-electron chi connectivity index (χ3n) is 4.52. The average molecular weight is 344 g/mol. The quantitative estimate of drug-likeness (QED) is 0.721. The zero-order chi connectivity index (χ0) is 17.7. The van der Waals surface area contributed by atoms with E-state index in [2.05, 4.69) is 57.7 Å². The van der Waals surface area contributed by atoms with Gasteiger partial charge in [-0.2, -0.15) is 0 Å². The van der Waals surface area contributed by atoms with Crippen molar-refractivity contribution in [2.75, 3.05) is 45.9 Å². The number of nitrogens with one attached hydrogen (secondary N) is 2. The molecule has 1 aliphatic heterocycles. The summed E-state index contributed by atoms with van der Waals surface area (Å²) in [7, 11) is 0. The Balaban J connectivity index is 0.00000109. The van der Waals surface area contributed by atoms with Crippen LogP contribution in [0.3, 0.4) is 0 Å². The Morgan fingerprint density at radius 3 is 2.48 bits per heavy atom. The number of benzene rings is 1. The zero-order valence-corrected chi connectivity index (χ0v) is 15.7. The molecule has 1 fully saturated rings. The van der Waals surface area contributed by atoms with E-state index in [1.807, 2.05) is 20.0 Å². The molecule has 1 saturated heterocycles. The van der Waals surface area contributed by atoms with Gasteiger partial charge in [0.25, 0.3) is 0 Å². The van der Waals surface area contributed by atoms with E-state index in [0.29, 0.717) is 5.92 Å². The highest BCUT2D eigenvalue weighted by Crippen LogP contribution is 2.26. The molecule has 4 heteroatoms. The maximum atomic E-state index is 5.38. The molecule has 1 unspecified atom stereocenters. The lowest BCUT2D eigenvalue weighted by atomic mass is 9.92. The molecule has 0 radical (unpaired) electrons. The predicted molar refractivity (Wildman–Crippen MR) is 105 cm³/mol. The summed E-state index contributed by atoms with van der Waals surface area (Å²) in [6.45, 7) is 11.1. The minimum Gasteiger partial charge on any atom is -0.379 e. The van der Waals surface area contributed by atoms with E-state index in [1.165, 1.54) is 11.3 Å². The molecule has 2 N–H and O–H groups in total. The summed E-state index contributed by atoms with van der Waals surface area (Å²) in [5.74, 6) is 0.432. The van der Waals surface area contributed by atoms with Gasteiger partial charge in [0.1, 0.15) is 0 Å². The smallest absolute Gasteiger partial charge is 0.0594 e. The molecule has 1 aromatic heterocycles.